The lowest BCUT2D eigenvalue weighted by molar-refractivity contribution is 0.668. The van der Waals surface area contributed by atoms with Gasteiger partial charge in [0.2, 0.25) is 0 Å². The van der Waals surface area contributed by atoms with Gasteiger partial charge in [0.05, 0.1) is 6.54 Å². The minimum Gasteiger partial charge on any atom is -0.324 e. The van der Waals surface area contributed by atoms with Crippen LogP contribution in [-0.2, 0) is 19.5 Å². The maximum atomic E-state index is 5.75. The molecule has 0 bridgehead atoms. The quantitative estimate of drug-likeness (QED) is 0.780. The minimum absolute atomic E-state index is 0.445. The number of fused-ring (bicyclic) bond motifs is 1. The third-order valence-electron chi connectivity index (χ3n) is 2.93. The predicted octanol–water partition coefficient (Wildman–Crippen LogP) is 2.19. The van der Waals surface area contributed by atoms with Crippen molar-refractivity contribution in [2.24, 2.45) is 5.73 Å². The molecule has 0 aliphatic heterocycles. The average Bonchev–Trinajstić information content (AvgIpc) is 3.03. The van der Waals surface area contributed by atoms with E-state index in [-0.39, 0.29) is 0 Å². The molecule has 0 aliphatic rings. The molecule has 3 aromatic rings. The van der Waals surface area contributed by atoms with Crippen LogP contribution in [0.1, 0.15) is 10.7 Å². The van der Waals surface area contributed by atoms with Gasteiger partial charge in [0.25, 0.3) is 0 Å². The molecule has 0 amide bonds. The minimum atomic E-state index is 0.445. The van der Waals surface area contributed by atoms with Crippen LogP contribution in [0.4, 0.5) is 0 Å². The second-order valence-corrected chi connectivity index (χ2v) is 5.09. The molecule has 0 radical (unpaired) electrons. The summed E-state index contributed by atoms with van der Waals surface area (Å²) in [4.78, 5) is 10.3. The molecule has 0 unspecified atom stereocenters. The van der Waals surface area contributed by atoms with Gasteiger partial charge >= 0.3 is 0 Å². The molecule has 0 fully saturated rings. The largest absolute Gasteiger partial charge is 0.324 e. The van der Waals surface area contributed by atoms with Crippen LogP contribution in [0.2, 0.25) is 0 Å². The van der Waals surface area contributed by atoms with Crippen molar-refractivity contribution in [3.05, 3.63) is 46.5 Å². The Balaban J connectivity index is 1.94. The Morgan fingerprint density at radius 1 is 1.28 bits per heavy atom. The lowest BCUT2D eigenvalue weighted by Gasteiger charge is -2.06. The van der Waals surface area contributed by atoms with Gasteiger partial charge in [0, 0.05) is 17.6 Å². The summed E-state index contributed by atoms with van der Waals surface area (Å²) in [6.45, 7) is 1.32. The van der Waals surface area contributed by atoms with Crippen LogP contribution in [-0.4, -0.2) is 14.5 Å². The SMILES string of the molecule is NCc1nc2cccnc2n1CCc1cccs1. The van der Waals surface area contributed by atoms with Gasteiger partial charge in [0.1, 0.15) is 11.3 Å². The summed E-state index contributed by atoms with van der Waals surface area (Å²) in [5.74, 6) is 0.903. The molecule has 18 heavy (non-hydrogen) atoms. The van der Waals surface area contributed by atoms with Gasteiger partial charge in [0.15, 0.2) is 5.65 Å². The van der Waals surface area contributed by atoms with Crippen molar-refractivity contribution in [1.29, 1.82) is 0 Å². The van der Waals surface area contributed by atoms with E-state index in [0.717, 1.165) is 30.0 Å². The van der Waals surface area contributed by atoms with Crippen molar-refractivity contribution in [3.63, 3.8) is 0 Å². The molecule has 3 heterocycles. The van der Waals surface area contributed by atoms with Crippen molar-refractivity contribution in [3.8, 4) is 0 Å². The van der Waals surface area contributed by atoms with Crippen LogP contribution in [0.3, 0.4) is 0 Å². The van der Waals surface area contributed by atoms with Crippen LogP contribution in [0.5, 0.6) is 0 Å². The molecular weight excluding hydrogens is 244 g/mol. The first-order chi connectivity index (χ1) is 8.88. The van der Waals surface area contributed by atoms with E-state index >= 15 is 0 Å². The standard InChI is InChI=1S/C13H14N4S/c14-9-12-16-11-4-1-6-15-13(11)17(12)7-5-10-3-2-8-18-10/h1-4,6,8H,5,7,9,14H2. The summed E-state index contributed by atoms with van der Waals surface area (Å²) in [6, 6.07) is 8.11. The summed E-state index contributed by atoms with van der Waals surface area (Å²) in [6.07, 6.45) is 2.79. The van der Waals surface area contributed by atoms with E-state index in [1.165, 1.54) is 4.88 Å². The predicted molar refractivity (Wildman–Crippen MR) is 73.4 cm³/mol. The normalized spacial score (nSPS) is 11.2. The fourth-order valence-electron chi connectivity index (χ4n) is 2.07. The molecule has 0 saturated carbocycles. The molecular formula is C13H14N4S. The Hall–Kier alpha value is -1.72. The number of thiophene rings is 1. The molecule has 0 aromatic carbocycles. The molecule has 2 N–H and O–H groups in total. The lowest BCUT2D eigenvalue weighted by atomic mass is 10.3. The molecule has 5 heteroatoms. The monoisotopic (exact) mass is 258 g/mol. The van der Waals surface area contributed by atoms with Gasteiger partial charge in [-0.25, -0.2) is 9.97 Å². The van der Waals surface area contributed by atoms with Crippen LogP contribution < -0.4 is 5.73 Å². The molecule has 0 spiro atoms. The first kappa shape index (κ1) is 11.4. The van der Waals surface area contributed by atoms with Crippen molar-refractivity contribution in [2.45, 2.75) is 19.5 Å². The number of aryl methyl sites for hydroxylation is 2. The van der Waals surface area contributed by atoms with Crippen LogP contribution >= 0.6 is 11.3 Å². The van der Waals surface area contributed by atoms with E-state index in [1.54, 1.807) is 17.5 Å². The Labute approximate surface area is 109 Å². The van der Waals surface area contributed by atoms with Crippen molar-refractivity contribution in [2.75, 3.05) is 0 Å². The summed E-state index contributed by atoms with van der Waals surface area (Å²) in [7, 11) is 0. The van der Waals surface area contributed by atoms with Gasteiger partial charge in [-0.3, -0.25) is 0 Å². The van der Waals surface area contributed by atoms with E-state index in [4.69, 9.17) is 5.73 Å². The highest BCUT2D eigenvalue weighted by atomic mass is 32.1. The number of imidazole rings is 1. The highest BCUT2D eigenvalue weighted by Crippen LogP contribution is 2.16. The van der Waals surface area contributed by atoms with Gasteiger partial charge in [-0.1, -0.05) is 6.07 Å². The Morgan fingerprint density at radius 3 is 3.00 bits per heavy atom. The third kappa shape index (κ3) is 2.02. The Kier molecular flexibility index (Phi) is 3.08. The summed E-state index contributed by atoms with van der Waals surface area (Å²) in [5, 5.41) is 2.10. The van der Waals surface area contributed by atoms with Crippen molar-refractivity contribution < 1.29 is 0 Å². The maximum absolute atomic E-state index is 5.75. The summed E-state index contributed by atoms with van der Waals surface area (Å²) >= 11 is 1.78. The Bertz CT molecular complexity index is 642. The van der Waals surface area contributed by atoms with Gasteiger partial charge < -0.3 is 10.3 Å². The summed E-state index contributed by atoms with van der Waals surface area (Å²) in [5.41, 5.74) is 7.60. The van der Waals surface area contributed by atoms with E-state index in [2.05, 4.69) is 32.0 Å². The lowest BCUT2D eigenvalue weighted by Crippen LogP contribution is -2.10. The van der Waals surface area contributed by atoms with Gasteiger partial charge in [-0.05, 0) is 30.0 Å². The molecule has 0 atom stereocenters. The zero-order valence-corrected chi connectivity index (χ0v) is 10.7. The van der Waals surface area contributed by atoms with Crippen LogP contribution in [0.15, 0.2) is 35.8 Å². The smallest absolute Gasteiger partial charge is 0.160 e. The molecule has 3 aromatic heterocycles. The topological polar surface area (TPSA) is 56.7 Å². The number of hydrogen-bond acceptors (Lipinski definition) is 4. The fourth-order valence-corrected chi connectivity index (χ4v) is 2.77. The average molecular weight is 258 g/mol. The number of aromatic nitrogens is 3. The second kappa shape index (κ2) is 4.88. The number of nitrogens with zero attached hydrogens (tertiary/aromatic N) is 3. The third-order valence-corrected chi connectivity index (χ3v) is 3.86. The van der Waals surface area contributed by atoms with Crippen LogP contribution in [0.25, 0.3) is 11.2 Å². The van der Waals surface area contributed by atoms with Crippen LogP contribution in [0, 0.1) is 0 Å². The zero-order valence-electron chi connectivity index (χ0n) is 9.91. The second-order valence-electron chi connectivity index (χ2n) is 4.06. The van der Waals surface area contributed by atoms with E-state index < -0.39 is 0 Å². The van der Waals surface area contributed by atoms with Gasteiger partial charge in [-0.15, -0.1) is 11.3 Å². The van der Waals surface area contributed by atoms with E-state index in [9.17, 15) is 0 Å². The molecule has 0 aliphatic carbocycles. The van der Waals surface area contributed by atoms with Gasteiger partial charge in [-0.2, -0.15) is 0 Å². The number of pyridine rings is 1. The zero-order chi connectivity index (χ0) is 12.4. The molecule has 4 nitrogen and oxygen atoms in total. The van der Waals surface area contributed by atoms with Crippen molar-refractivity contribution in [1.82, 2.24) is 14.5 Å². The first-order valence-electron chi connectivity index (χ1n) is 5.91. The van der Waals surface area contributed by atoms with E-state index in [1.807, 2.05) is 12.1 Å². The van der Waals surface area contributed by atoms with Crippen molar-refractivity contribution >= 4 is 22.5 Å². The Morgan fingerprint density at radius 2 is 2.22 bits per heavy atom. The molecule has 92 valence electrons. The number of nitrogens with two attached hydrogens (primary N) is 1. The fraction of sp³-hybridized carbons (Fsp3) is 0.231. The van der Waals surface area contributed by atoms with E-state index in [0.29, 0.717) is 6.54 Å². The maximum Gasteiger partial charge on any atom is 0.160 e. The first-order valence-corrected chi connectivity index (χ1v) is 6.79. The highest BCUT2D eigenvalue weighted by molar-refractivity contribution is 7.09. The summed E-state index contributed by atoms with van der Waals surface area (Å²) < 4.78 is 2.12. The molecule has 0 saturated heterocycles. The molecule has 3 rings (SSSR count). The highest BCUT2D eigenvalue weighted by Gasteiger charge is 2.10. The number of rotatable bonds is 4. The number of hydrogen-bond donors (Lipinski definition) is 1.